The highest BCUT2D eigenvalue weighted by Gasteiger charge is 2.35. The molecule has 1 N–H and O–H groups in total. The van der Waals surface area contributed by atoms with E-state index in [1.807, 2.05) is 31.2 Å². The summed E-state index contributed by atoms with van der Waals surface area (Å²) in [6.45, 7) is 3.46. The summed E-state index contributed by atoms with van der Waals surface area (Å²) in [5.41, 5.74) is 2.01. The van der Waals surface area contributed by atoms with Gasteiger partial charge in [-0.1, -0.05) is 0 Å². The molecule has 2 saturated heterocycles. The maximum Gasteiger partial charge on any atom is 0.229 e. The Morgan fingerprint density at radius 2 is 1.88 bits per heavy atom. The van der Waals surface area contributed by atoms with Crippen molar-refractivity contribution >= 4 is 34.8 Å². The fourth-order valence-electron chi connectivity index (χ4n) is 4.15. The molecular weight excluding hydrogens is 410 g/mol. The van der Waals surface area contributed by atoms with E-state index in [1.165, 1.54) is 7.11 Å². The molecule has 2 heterocycles. The number of ether oxygens (including phenoxy) is 2. The topological polar surface area (TPSA) is 88.2 Å². The second kappa shape index (κ2) is 9.30. The predicted molar refractivity (Wildman–Crippen MR) is 121 cm³/mol. The third kappa shape index (κ3) is 4.39. The Morgan fingerprint density at radius 3 is 2.53 bits per heavy atom. The minimum Gasteiger partial charge on any atom is -0.494 e. The average Bonchev–Trinajstić information content (AvgIpc) is 3.40. The van der Waals surface area contributed by atoms with Crippen LogP contribution in [0.5, 0.6) is 11.5 Å². The summed E-state index contributed by atoms with van der Waals surface area (Å²) in [6.07, 6.45) is 1.50. The molecule has 0 spiro atoms. The monoisotopic (exact) mass is 437 g/mol. The second-order valence-electron chi connectivity index (χ2n) is 7.86. The van der Waals surface area contributed by atoms with Crippen molar-refractivity contribution in [1.29, 1.82) is 0 Å². The van der Waals surface area contributed by atoms with Crippen LogP contribution in [0, 0.1) is 5.92 Å². The van der Waals surface area contributed by atoms with Crippen molar-refractivity contribution in [3.8, 4) is 11.5 Å². The zero-order chi connectivity index (χ0) is 22.7. The Bertz CT molecular complexity index is 1020. The van der Waals surface area contributed by atoms with E-state index in [0.29, 0.717) is 43.2 Å². The zero-order valence-electron chi connectivity index (χ0n) is 18.3. The summed E-state index contributed by atoms with van der Waals surface area (Å²) in [5.74, 6) is 0.564. The molecular formula is C24H27N3O5. The lowest BCUT2D eigenvalue weighted by Crippen LogP contribution is -2.28. The summed E-state index contributed by atoms with van der Waals surface area (Å²) in [5, 5.41) is 2.88. The molecule has 1 unspecified atom stereocenters. The van der Waals surface area contributed by atoms with Crippen molar-refractivity contribution in [3.63, 3.8) is 0 Å². The SMILES string of the molecule is CCOc1ccc(N2CC(C(=O)Nc3ccc(N4CCCC4=O)c(OC)c3)CC2=O)cc1. The van der Waals surface area contributed by atoms with Crippen molar-refractivity contribution in [2.45, 2.75) is 26.2 Å². The van der Waals surface area contributed by atoms with E-state index in [-0.39, 0.29) is 24.1 Å². The Kier molecular flexibility index (Phi) is 6.30. The molecule has 3 amide bonds. The van der Waals surface area contributed by atoms with Crippen molar-refractivity contribution in [2.75, 3.05) is 41.9 Å². The molecule has 8 nitrogen and oxygen atoms in total. The van der Waals surface area contributed by atoms with Gasteiger partial charge in [-0.15, -0.1) is 0 Å². The highest BCUT2D eigenvalue weighted by atomic mass is 16.5. The number of carbonyl (C=O) groups is 3. The molecule has 2 aromatic rings. The highest BCUT2D eigenvalue weighted by Crippen LogP contribution is 2.34. The molecule has 8 heteroatoms. The van der Waals surface area contributed by atoms with Crippen LogP contribution in [0.25, 0.3) is 0 Å². The number of rotatable bonds is 7. The van der Waals surface area contributed by atoms with Gasteiger partial charge in [0.1, 0.15) is 11.5 Å². The molecule has 4 rings (SSSR count). The van der Waals surface area contributed by atoms with Gasteiger partial charge in [0.2, 0.25) is 17.7 Å². The van der Waals surface area contributed by atoms with Crippen molar-refractivity contribution in [1.82, 2.24) is 0 Å². The van der Waals surface area contributed by atoms with Crippen LogP contribution in [0.1, 0.15) is 26.2 Å². The molecule has 1 atom stereocenters. The van der Waals surface area contributed by atoms with Gasteiger partial charge >= 0.3 is 0 Å². The molecule has 168 valence electrons. The van der Waals surface area contributed by atoms with E-state index in [1.54, 1.807) is 28.0 Å². The first-order valence-electron chi connectivity index (χ1n) is 10.8. The maximum absolute atomic E-state index is 12.9. The van der Waals surface area contributed by atoms with Gasteiger partial charge in [-0.3, -0.25) is 14.4 Å². The molecule has 2 aliphatic rings. The number of nitrogens with zero attached hydrogens (tertiary/aromatic N) is 2. The van der Waals surface area contributed by atoms with Crippen LogP contribution >= 0.6 is 0 Å². The number of amides is 3. The number of benzene rings is 2. The lowest BCUT2D eigenvalue weighted by Gasteiger charge is -2.20. The predicted octanol–water partition coefficient (Wildman–Crippen LogP) is 3.21. The quantitative estimate of drug-likeness (QED) is 0.719. The van der Waals surface area contributed by atoms with Gasteiger partial charge in [0.15, 0.2) is 0 Å². The first kappa shape index (κ1) is 21.7. The lowest BCUT2D eigenvalue weighted by atomic mass is 10.1. The summed E-state index contributed by atoms with van der Waals surface area (Å²) in [4.78, 5) is 40.8. The summed E-state index contributed by atoms with van der Waals surface area (Å²) >= 11 is 0. The van der Waals surface area contributed by atoms with Gasteiger partial charge < -0.3 is 24.6 Å². The van der Waals surface area contributed by atoms with Crippen LogP contribution in [-0.4, -0.2) is 44.5 Å². The van der Waals surface area contributed by atoms with Crippen molar-refractivity contribution in [2.24, 2.45) is 5.92 Å². The molecule has 2 aliphatic heterocycles. The van der Waals surface area contributed by atoms with Gasteiger partial charge in [0.25, 0.3) is 0 Å². The second-order valence-corrected chi connectivity index (χ2v) is 7.86. The largest absolute Gasteiger partial charge is 0.494 e. The Balaban J connectivity index is 1.42. The van der Waals surface area contributed by atoms with E-state index in [0.717, 1.165) is 17.9 Å². The maximum atomic E-state index is 12.9. The average molecular weight is 437 g/mol. The molecule has 0 saturated carbocycles. The van der Waals surface area contributed by atoms with Gasteiger partial charge in [-0.05, 0) is 49.7 Å². The van der Waals surface area contributed by atoms with E-state index in [4.69, 9.17) is 9.47 Å². The number of hydrogen-bond acceptors (Lipinski definition) is 5. The molecule has 0 aromatic heterocycles. The fourth-order valence-corrected chi connectivity index (χ4v) is 4.15. The van der Waals surface area contributed by atoms with E-state index in [9.17, 15) is 14.4 Å². The molecule has 2 fully saturated rings. The molecule has 2 aromatic carbocycles. The molecule has 0 radical (unpaired) electrons. The lowest BCUT2D eigenvalue weighted by molar-refractivity contribution is -0.122. The Labute approximate surface area is 187 Å². The van der Waals surface area contributed by atoms with Crippen molar-refractivity contribution < 1.29 is 23.9 Å². The van der Waals surface area contributed by atoms with Gasteiger partial charge in [-0.2, -0.15) is 0 Å². The number of nitrogens with one attached hydrogen (secondary N) is 1. The first-order valence-corrected chi connectivity index (χ1v) is 10.8. The minimum absolute atomic E-state index is 0.0685. The van der Waals surface area contributed by atoms with E-state index in [2.05, 4.69) is 5.32 Å². The minimum atomic E-state index is -0.458. The number of carbonyl (C=O) groups excluding carboxylic acids is 3. The first-order chi connectivity index (χ1) is 15.5. The number of methoxy groups -OCH3 is 1. The van der Waals surface area contributed by atoms with Crippen LogP contribution in [0.15, 0.2) is 42.5 Å². The van der Waals surface area contributed by atoms with Crippen LogP contribution in [0.2, 0.25) is 0 Å². The van der Waals surface area contributed by atoms with Gasteiger partial charge in [-0.25, -0.2) is 0 Å². The zero-order valence-corrected chi connectivity index (χ0v) is 18.3. The normalized spacial score (nSPS) is 18.2. The van der Waals surface area contributed by atoms with Gasteiger partial charge in [0.05, 0.1) is 25.3 Å². The third-order valence-electron chi connectivity index (χ3n) is 5.77. The number of hydrogen-bond donors (Lipinski definition) is 1. The van der Waals surface area contributed by atoms with Gasteiger partial charge in [0, 0.05) is 43.4 Å². The van der Waals surface area contributed by atoms with E-state index >= 15 is 0 Å². The standard InChI is InChI=1S/C24H27N3O5/c1-3-32-19-9-7-18(8-10-19)27-15-16(13-23(27)29)24(30)25-17-6-11-20(21(14-17)31-2)26-12-4-5-22(26)28/h6-11,14,16H,3-5,12-13,15H2,1-2H3,(H,25,30). The third-order valence-corrected chi connectivity index (χ3v) is 5.77. The van der Waals surface area contributed by atoms with Crippen LogP contribution in [0.4, 0.5) is 17.1 Å². The fraction of sp³-hybridized carbons (Fsp3) is 0.375. The summed E-state index contributed by atoms with van der Waals surface area (Å²) in [6, 6.07) is 12.5. The van der Waals surface area contributed by atoms with Crippen LogP contribution in [0.3, 0.4) is 0 Å². The number of anilines is 3. The van der Waals surface area contributed by atoms with E-state index < -0.39 is 5.92 Å². The molecule has 0 bridgehead atoms. The smallest absolute Gasteiger partial charge is 0.229 e. The Hall–Kier alpha value is -3.55. The Morgan fingerprint density at radius 1 is 1.09 bits per heavy atom. The summed E-state index contributed by atoms with van der Waals surface area (Å²) in [7, 11) is 1.54. The molecule has 32 heavy (non-hydrogen) atoms. The van der Waals surface area contributed by atoms with Crippen molar-refractivity contribution in [3.05, 3.63) is 42.5 Å². The molecule has 0 aliphatic carbocycles. The highest BCUT2D eigenvalue weighted by molar-refractivity contribution is 6.04. The van der Waals surface area contributed by atoms with Crippen LogP contribution in [-0.2, 0) is 14.4 Å². The van der Waals surface area contributed by atoms with Crippen LogP contribution < -0.4 is 24.6 Å². The summed E-state index contributed by atoms with van der Waals surface area (Å²) < 4.78 is 10.9.